The number of ketones is 1. The zero-order chi connectivity index (χ0) is 28.9. The first-order chi connectivity index (χ1) is 19.6. The van der Waals surface area contributed by atoms with Crippen LogP contribution in [0.15, 0.2) is 94.2 Å². The maximum absolute atomic E-state index is 13.8. The number of rotatable bonds is 5. The Labute approximate surface area is 234 Å². The van der Waals surface area contributed by atoms with E-state index >= 15 is 0 Å². The van der Waals surface area contributed by atoms with Gasteiger partial charge in [-0.05, 0) is 46.2 Å². The van der Waals surface area contributed by atoms with E-state index in [0.717, 1.165) is 34.6 Å². The number of pyridine rings is 1. The molecule has 0 fully saturated rings. The molecule has 3 heterocycles. The van der Waals surface area contributed by atoms with E-state index in [-0.39, 0.29) is 16.3 Å². The standard InChI is InChI=1S/C30H19F3N4O3S/c1-16-7-13-20(14-8-16)37-25(29(39)40-36-37)26(38)27-24(34)23-21(17-9-11-19(12-10-17)30(31,32)33)15-22(35-28(23)41-27)18-5-3-2-4-6-18/h2-15H,1H3,(H2-,34,36,38,39)/p+1. The lowest BCUT2D eigenvalue weighted by molar-refractivity contribution is -0.672. The van der Waals surface area contributed by atoms with E-state index in [0.29, 0.717) is 32.7 Å². The number of carbonyl (C=O) groups is 1. The van der Waals surface area contributed by atoms with Crippen LogP contribution in [-0.4, -0.2) is 16.0 Å². The molecule has 41 heavy (non-hydrogen) atoms. The predicted octanol–water partition coefficient (Wildman–Crippen LogP) is 6.33. The molecule has 0 bridgehead atoms. The van der Waals surface area contributed by atoms with Gasteiger partial charge in [0.25, 0.3) is 5.78 Å². The van der Waals surface area contributed by atoms with Crippen LogP contribution in [0.1, 0.15) is 26.5 Å². The Morgan fingerprint density at radius 1 is 0.976 bits per heavy atom. The van der Waals surface area contributed by atoms with Gasteiger partial charge in [-0.25, -0.2) is 9.78 Å². The maximum atomic E-state index is 13.8. The van der Waals surface area contributed by atoms with Crippen molar-refractivity contribution < 1.29 is 27.2 Å². The fourth-order valence-electron chi connectivity index (χ4n) is 4.56. The summed E-state index contributed by atoms with van der Waals surface area (Å²) >= 11 is 0.997. The van der Waals surface area contributed by atoms with E-state index in [9.17, 15) is 22.8 Å². The Morgan fingerprint density at radius 3 is 2.32 bits per heavy atom. The summed E-state index contributed by atoms with van der Waals surface area (Å²) in [6.45, 7) is 1.90. The fraction of sp³-hybridized carbons (Fsp3) is 0.0667. The number of nitrogens with zero attached hydrogens (tertiary/aromatic N) is 2. The molecule has 204 valence electrons. The number of benzene rings is 3. The van der Waals surface area contributed by atoms with Crippen molar-refractivity contribution >= 4 is 33.0 Å². The minimum Gasteiger partial charge on any atom is -0.397 e. The third-order valence-electron chi connectivity index (χ3n) is 6.65. The van der Waals surface area contributed by atoms with Crippen LogP contribution in [-0.2, 0) is 6.18 Å². The number of alkyl halides is 3. The molecular weight excluding hydrogens is 553 g/mol. The average molecular weight is 574 g/mol. The average Bonchev–Trinajstić information content (AvgIpc) is 3.52. The molecule has 0 atom stereocenters. The molecule has 0 aliphatic rings. The Bertz CT molecular complexity index is 1980. The van der Waals surface area contributed by atoms with Crippen molar-refractivity contribution in [2.24, 2.45) is 0 Å². The summed E-state index contributed by atoms with van der Waals surface area (Å²) in [5.74, 6) is -0.680. The number of nitrogen functional groups attached to an aromatic ring is 1. The molecule has 0 saturated heterocycles. The number of thiophene rings is 1. The Hall–Kier alpha value is -5.03. The molecule has 7 nitrogen and oxygen atoms in total. The molecule has 0 amide bonds. The van der Waals surface area contributed by atoms with Crippen LogP contribution in [0.5, 0.6) is 0 Å². The van der Waals surface area contributed by atoms with Gasteiger partial charge in [-0.3, -0.25) is 9.32 Å². The van der Waals surface area contributed by atoms with Crippen molar-refractivity contribution in [1.29, 1.82) is 0 Å². The summed E-state index contributed by atoms with van der Waals surface area (Å²) in [6, 6.07) is 22.8. The second-order valence-electron chi connectivity index (χ2n) is 9.35. The Morgan fingerprint density at radius 2 is 1.66 bits per heavy atom. The first kappa shape index (κ1) is 26.2. The zero-order valence-corrected chi connectivity index (χ0v) is 22.1. The summed E-state index contributed by atoms with van der Waals surface area (Å²) in [7, 11) is 0. The lowest BCUT2D eigenvalue weighted by atomic mass is 9.98. The molecule has 0 aliphatic carbocycles. The highest BCUT2D eigenvalue weighted by molar-refractivity contribution is 7.21. The number of aromatic amines is 1. The predicted molar refractivity (Wildman–Crippen MR) is 149 cm³/mol. The Balaban J connectivity index is 1.55. The van der Waals surface area contributed by atoms with Gasteiger partial charge in [0, 0.05) is 23.1 Å². The van der Waals surface area contributed by atoms with Gasteiger partial charge in [0.05, 0.1) is 16.9 Å². The van der Waals surface area contributed by atoms with Crippen LogP contribution in [0.3, 0.4) is 0 Å². The number of anilines is 1. The van der Waals surface area contributed by atoms with Crippen LogP contribution in [0.25, 0.3) is 38.3 Å². The third kappa shape index (κ3) is 4.70. The second kappa shape index (κ2) is 9.86. The number of nitrogens with one attached hydrogen (secondary N) is 1. The number of halogens is 3. The first-order valence-electron chi connectivity index (χ1n) is 12.3. The fourth-order valence-corrected chi connectivity index (χ4v) is 5.62. The summed E-state index contributed by atoms with van der Waals surface area (Å²) in [5, 5.41) is 2.87. The normalized spacial score (nSPS) is 11.7. The number of nitrogens with two attached hydrogens (primary N) is 1. The van der Waals surface area contributed by atoms with E-state index in [1.165, 1.54) is 16.8 Å². The number of hydrogen-bond donors (Lipinski definition) is 2. The highest BCUT2D eigenvalue weighted by Gasteiger charge is 2.35. The largest absolute Gasteiger partial charge is 0.439 e. The van der Waals surface area contributed by atoms with E-state index in [2.05, 4.69) is 5.27 Å². The number of hydrogen-bond acceptors (Lipinski definition) is 6. The molecular formula is C30H20F3N4O3S+. The third-order valence-corrected chi connectivity index (χ3v) is 7.75. The molecule has 11 heteroatoms. The van der Waals surface area contributed by atoms with Crippen molar-refractivity contribution in [2.45, 2.75) is 13.1 Å². The quantitative estimate of drug-likeness (QED) is 0.185. The van der Waals surface area contributed by atoms with E-state index in [1.807, 2.05) is 49.4 Å². The first-order valence-corrected chi connectivity index (χ1v) is 13.1. The maximum Gasteiger partial charge on any atom is 0.439 e. The van der Waals surface area contributed by atoms with Crippen molar-refractivity contribution in [3.63, 3.8) is 0 Å². The van der Waals surface area contributed by atoms with Gasteiger partial charge in [-0.15, -0.1) is 11.3 Å². The monoisotopic (exact) mass is 573 g/mol. The molecule has 0 radical (unpaired) electrons. The molecule has 3 aromatic heterocycles. The minimum absolute atomic E-state index is 0.0543. The summed E-state index contributed by atoms with van der Waals surface area (Å²) in [4.78, 5) is 31.7. The molecule has 6 aromatic rings. The van der Waals surface area contributed by atoms with Crippen LogP contribution in [0.2, 0.25) is 0 Å². The van der Waals surface area contributed by atoms with E-state index in [4.69, 9.17) is 15.2 Å². The van der Waals surface area contributed by atoms with Crippen LogP contribution in [0, 0.1) is 6.92 Å². The highest BCUT2D eigenvalue weighted by atomic mass is 32.1. The van der Waals surface area contributed by atoms with Crippen molar-refractivity contribution in [3.8, 4) is 28.1 Å². The smallest absolute Gasteiger partial charge is 0.397 e. The second-order valence-corrected chi connectivity index (χ2v) is 10.3. The van der Waals surface area contributed by atoms with Gasteiger partial charge in [0.15, 0.2) is 0 Å². The van der Waals surface area contributed by atoms with E-state index < -0.39 is 23.1 Å². The molecule has 0 spiro atoms. The SMILES string of the molecule is Cc1ccc(-[n+]2[nH]oc(=O)c2C(=O)c2sc3nc(-c4ccccc4)cc(-c4ccc(C(F)(F)F)cc4)c3c2N)cc1. The number of carbonyl (C=O) groups excluding carboxylic acids is 1. The van der Waals surface area contributed by atoms with Crippen molar-refractivity contribution in [3.05, 3.63) is 117 Å². The van der Waals surface area contributed by atoms with Gasteiger partial charge in [-0.1, -0.05) is 60.2 Å². The molecule has 3 aromatic carbocycles. The van der Waals surface area contributed by atoms with Crippen LogP contribution >= 0.6 is 11.3 Å². The van der Waals surface area contributed by atoms with Gasteiger partial charge < -0.3 is 5.73 Å². The molecule has 6 rings (SSSR count). The minimum atomic E-state index is -4.49. The molecule has 0 aliphatic heterocycles. The number of aromatic nitrogens is 3. The molecule has 0 saturated carbocycles. The summed E-state index contributed by atoms with van der Waals surface area (Å²) < 4.78 is 46.0. The van der Waals surface area contributed by atoms with Gasteiger partial charge >= 0.3 is 17.5 Å². The summed E-state index contributed by atoms with van der Waals surface area (Å²) in [5.41, 5.74) is 8.42. The van der Waals surface area contributed by atoms with Crippen LogP contribution < -0.4 is 16.0 Å². The molecule has 3 N–H and O–H groups in total. The number of fused-ring (bicyclic) bond motifs is 1. The van der Waals surface area contributed by atoms with Gasteiger partial charge in [0.2, 0.25) is 5.69 Å². The van der Waals surface area contributed by atoms with Crippen molar-refractivity contribution in [2.75, 3.05) is 5.73 Å². The Kier molecular flexibility index (Phi) is 6.30. The van der Waals surface area contributed by atoms with Crippen molar-refractivity contribution in [1.82, 2.24) is 10.3 Å². The lowest BCUT2D eigenvalue weighted by Crippen LogP contribution is -2.41. The van der Waals surface area contributed by atoms with E-state index in [1.54, 1.807) is 18.2 Å². The number of H-pyrrole nitrogens is 1. The molecule has 0 unspecified atom stereocenters. The highest BCUT2D eigenvalue weighted by Crippen LogP contribution is 2.42. The van der Waals surface area contributed by atoms with Gasteiger partial charge in [0.1, 0.15) is 9.71 Å². The van der Waals surface area contributed by atoms with Crippen LogP contribution in [0.4, 0.5) is 18.9 Å². The topological polar surface area (TPSA) is 106 Å². The van der Waals surface area contributed by atoms with Gasteiger partial charge in [-0.2, -0.15) is 13.2 Å². The zero-order valence-electron chi connectivity index (χ0n) is 21.3. The lowest BCUT2D eigenvalue weighted by Gasteiger charge is -2.11. The summed E-state index contributed by atoms with van der Waals surface area (Å²) in [6.07, 6.45) is -4.49. The number of aryl methyl sites for hydroxylation is 1.